The summed E-state index contributed by atoms with van der Waals surface area (Å²) in [6, 6.07) is 16.7. The fourth-order valence-corrected chi connectivity index (χ4v) is 4.05. The van der Waals surface area contributed by atoms with Crippen LogP contribution in [-0.2, 0) is 11.2 Å². The number of ether oxygens (including phenoxy) is 2. The Hall–Kier alpha value is -3.58. The van der Waals surface area contributed by atoms with Gasteiger partial charge in [0.1, 0.15) is 6.33 Å². The first-order valence-electron chi connectivity index (χ1n) is 10.8. The molecule has 7 heteroatoms. The van der Waals surface area contributed by atoms with Crippen LogP contribution in [0.3, 0.4) is 0 Å². The first-order chi connectivity index (χ1) is 15.7. The second-order valence-corrected chi connectivity index (χ2v) is 7.91. The summed E-state index contributed by atoms with van der Waals surface area (Å²) in [7, 11) is 1.59. The highest BCUT2D eigenvalue weighted by atomic mass is 16.5. The van der Waals surface area contributed by atoms with E-state index >= 15 is 0 Å². The van der Waals surface area contributed by atoms with Crippen LogP contribution in [0.2, 0.25) is 0 Å². The fourth-order valence-electron chi connectivity index (χ4n) is 4.05. The van der Waals surface area contributed by atoms with Crippen molar-refractivity contribution in [3.05, 3.63) is 71.7 Å². The van der Waals surface area contributed by atoms with E-state index in [1.165, 1.54) is 16.8 Å². The zero-order valence-electron chi connectivity index (χ0n) is 18.3. The Kier molecular flexibility index (Phi) is 5.64. The predicted octanol–water partition coefficient (Wildman–Crippen LogP) is 3.83. The molecule has 2 aromatic heterocycles. The highest BCUT2D eigenvalue weighted by molar-refractivity contribution is 5.94. The summed E-state index contributed by atoms with van der Waals surface area (Å²) < 4.78 is 10.6. The average molecular weight is 428 g/mol. The van der Waals surface area contributed by atoms with Gasteiger partial charge < -0.3 is 14.4 Å². The molecule has 0 radical (unpaired) electrons. The normalized spacial score (nSPS) is 14.0. The first kappa shape index (κ1) is 20.3. The number of nitrogens with zero attached hydrogens (tertiary/aromatic N) is 5. The summed E-state index contributed by atoms with van der Waals surface area (Å²) >= 11 is 0. The number of morpholine rings is 1. The molecule has 0 N–H and O–H groups in total. The average Bonchev–Trinajstić information content (AvgIpc) is 2.86. The van der Waals surface area contributed by atoms with Gasteiger partial charge >= 0.3 is 0 Å². The van der Waals surface area contributed by atoms with E-state index in [1.807, 2.05) is 12.1 Å². The topological polar surface area (TPSA) is 73.3 Å². The molecule has 0 amide bonds. The summed E-state index contributed by atoms with van der Waals surface area (Å²) in [5.41, 5.74) is 7.42. The van der Waals surface area contributed by atoms with Gasteiger partial charge in [0.25, 0.3) is 0 Å². The molecule has 1 aliphatic heterocycles. The molecule has 0 bridgehead atoms. The zero-order valence-corrected chi connectivity index (χ0v) is 18.3. The van der Waals surface area contributed by atoms with Crippen molar-refractivity contribution in [2.24, 2.45) is 0 Å². The van der Waals surface area contributed by atoms with Crippen LogP contribution in [0.15, 0.2) is 54.9 Å². The number of anilines is 1. The van der Waals surface area contributed by atoms with Crippen molar-refractivity contribution in [2.45, 2.75) is 13.3 Å². The number of hydrogen-bond acceptors (Lipinski definition) is 7. The molecule has 0 aliphatic carbocycles. The molecule has 0 saturated carbocycles. The van der Waals surface area contributed by atoms with Gasteiger partial charge in [0.15, 0.2) is 0 Å². The molecule has 7 nitrogen and oxygen atoms in total. The minimum absolute atomic E-state index is 0.517. The summed E-state index contributed by atoms with van der Waals surface area (Å²) in [6.45, 7) is 5.44. The van der Waals surface area contributed by atoms with Crippen molar-refractivity contribution in [1.82, 2.24) is 20.2 Å². The van der Waals surface area contributed by atoms with Crippen LogP contribution < -0.4 is 9.64 Å². The number of fused-ring (bicyclic) bond motifs is 1. The lowest BCUT2D eigenvalue weighted by Gasteiger charge is -2.29. The van der Waals surface area contributed by atoms with Gasteiger partial charge in [-0.05, 0) is 48.4 Å². The van der Waals surface area contributed by atoms with Gasteiger partial charge in [0.2, 0.25) is 5.88 Å². The number of aromatic nitrogens is 4. The van der Waals surface area contributed by atoms with Crippen molar-refractivity contribution in [1.29, 1.82) is 0 Å². The highest BCUT2D eigenvalue weighted by Gasteiger charge is 2.14. The Morgan fingerprint density at radius 1 is 0.969 bits per heavy atom. The molecule has 32 heavy (non-hydrogen) atoms. The molecule has 3 heterocycles. The minimum Gasteiger partial charge on any atom is -0.480 e. The lowest BCUT2D eigenvalue weighted by molar-refractivity contribution is 0.122. The summed E-state index contributed by atoms with van der Waals surface area (Å²) in [4.78, 5) is 11.5. The third kappa shape index (κ3) is 4.11. The zero-order chi connectivity index (χ0) is 21.9. The van der Waals surface area contributed by atoms with E-state index in [2.05, 4.69) is 68.4 Å². The smallest absolute Gasteiger partial charge is 0.233 e. The minimum atomic E-state index is 0.517. The molecule has 0 unspecified atom stereocenters. The predicted molar refractivity (Wildman–Crippen MR) is 124 cm³/mol. The van der Waals surface area contributed by atoms with E-state index in [0.29, 0.717) is 12.3 Å². The number of methoxy groups -OCH3 is 1. The second-order valence-electron chi connectivity index (χ2n) is 7.91. The molecule has 162 valence electrons. The molecular formula is C25H25N5O2. The van der Waals surface area contributed by atoms with Gasteiger partial charge in [0, 0.05) is 42.2 Å². The van der Waals surface area contributed by atoms with Gasteiger partial charge in [-0.1, -0.05) is 12.1 Å². The van der Waals surface area contributed by atoms with E-state index in [0.717, 1.165) is 54.2 Å². The van der Waals surface area contributed by atoms with Crippen molar-refractivity contribution < 1.29 is 9.47 Å². The van der Waals surface area contributed by atoms with E-state index in [9.17, 15) is 0 Å². The first-order valence-corrected chi connectivity index (χ1v) is 10.8. The van der Waals surface area contributed by atoms with E-state index in [4.69, 9.17) is 9.47 Å². The van der Waals surface area contributed by atoms with Crippen LogP contribution in [0, 0.1) is 6.92 Å². The van der Waals surface area contributed by atoms with Gasteiger partial charge in [-0.25, -0.2) is 9.97 Å². The molecular weight excluding hydrogens is 402 g/mol. The Bertz CT molecular complexity index is 1240. The molecule has 0 spiro atoms. The molecule has 1 fully saturated rings. The number of aryl methyl sites for hydroxylation is 1. The molecule has 5 rings (SSSR count). The Morgan fingerprint density at radius 2 is 1.84 bits per heavy atom. The highest BCUT2D eigenvalue weighted by Crippen LogP contribution is 2.30. The number of rotatable bonds is 5. The monoisotopic (exact) mass is 427 g/mol. The standard InChI is InChI=1S/C25H25N5O2/c1-17-3-4-18(13-19(17)14-20-5-8-24(31-2)29-28-20)25-22-7-6-21(15-23(22)26-16-27-25)30-9-11-32-12-10-30/h3-8,13,15-16H,9-12,14H2,1-2H3. The third-order valence-electron chi connectivity index (χ3n) is 5.89. The molecule has 1 aliphatic rings. The van der Waals surface area contributed by atoms with Crippen LogP contribution >= 0.6 is 0 Å². The number of benzene rings is 2. The van der Waals surface area contributed by atoms with Gasteiger partial charge in [0.05, 0.1) is 37.2 Å². The Labute approximate surface area is 187 Å². The van der Waals surface area contributed by atoms with Crippen molar-refractivity contribution in [2.75, 3.05) is 38.3 Å². The van der Waals surface area contributed by atoms with Crippen LogP contribution in [0.4, 0.5) is 5.69 Å². The molecule has 1 saturated heterocycles. The van der Waals surface area contributed by atoms with Crippen molar-refractivity contribution >= 4 is 16.6 Å². The van der Waals surface area contributed by atoms with E-state index in [-0.39, 0.29) is 0 Å². The second kappa shape index (κ2) is 8.88. The van der Waals surface area contributed by atoms with Crippen molar-refractivity contribution in [3.8, 4) is 17.1 Å². The molecule has 2 aromatic carbocycles. The quantitative estimate of drug-likeness (QED) is 0.479. The summed E-state index contributed by atoms with van der Waals surface area (Å²) in [5.74, 6) is 0.517. The largest absolute Gasteiger partial charge is 0.480 e. The maximum Gasteiger partial charge on any atom is 0.233 e. The fraction of sp³-hybridized carbons (Fsp3) is 0.280. The summed E-state index contributed by atoms with van der Waals surface area (Å²) in [6.07, 6.45) is 2.34. The van der Waals surface area contributed by atoms with Crippen LogP contribution in [0.25, 0.3) is 22.2 Å². The maximum absolute atomic E-state index is 5.48. The maximum atomic E-state index is 5.48. The number of hydrogen-bond donors (Lipinski definition) is 0. The third-order valence-corrected chi connectivity index (χ3v) is 5.89. The van der Waals surface area contributed by atoms with Gasteiger partial charge in [-0.2, -0.15) is 5.10 Å². The summed E-state index contributed by atoms with van der Waals surface area (Å²) in [5, 5.41) is 9.41. The van der Waals surface area contributed by atoms with E-state index in [1.54, 1.807) is 13.4 Å². The SMILES string of the molecule is COc1ccc(Cc2cc(-c3ncnc4cc(N5CCOCC5)ccc34)ccc2C)nn1. The lowest BCUT2D eigenvalue weighted by Crippen LogP contribution is -2.36. The van der Waals surface area contributed by atoms with Crippen LogP contribution in [0.5, 0.6) is 5.88 Å². The van der Waals surface area contributed by atoms with Gasteiger partial charge in [-0.15, -0.1) is 5.10 Å². The lowest BCUT2D eigenvalue weighted by atomic mass is 9.97. The molecule has 4 aromatic rings. The molecule has 0 atom stereocenters. The van der Waals surface area contributed by atoms with Gasteiger partial charge in [-0.3, -0.25) is 0 Å². The van der Waals surface area contributed by atoms with Crippen LogP contribution in [-0.4, -0.2) is 53.6 Å². The van der Waals surface area contributed by atoms with E-state index < -0.39 is 0 Å². The Morgan fingerprint density at radius 3 is 2.62 bits per heavy atom. The Balaban J connectivity index is 1.48. The van der Waals surface area contributed by atoms with Crippen LogP contribution in [0.1, 0.15) is 16.8 Å². The van der Waals surface area contributed by atoms with Crippen molar-refractivity contribution in [3.63, 3.8) is 0 Å².